The second kappa shape index (κ2) is 7.48. The highest BCUT2D eigenvalue weighted by Gasteiger charge is 2.29. The van der Waals surface area contributed by atoms with E-state index in [4.69, 9.17) is 10.5 Å². The van der Waals surface area contributed by atoms with Crippen LogP contribution in [0.3, 0.4) is 0 Å². The molecule has 0 saturated carbocycles. The van der Waals surface area contributed by atoms with Crippen molar-refractivity contribution in [2.24, 2.45) is 5.73 Å². The van der Waals surface area contributed by atoms with E-state index >= 15 is 0 Å². The highest BCUT2D eigenvalue weighted by molar-refractivity contribution is 5.85. The lowest BCUT2D eigenvalue weighted by Gasteiger charge is -2.12. The summed E-state index contributed by atoms with van der Waals surface area (Å²) in [5.74, 6) is -0.0356. The summed E-state index contributed by atoms with van der Waals surface area (Å²) in [4.78, 5) is 11.9. The predicted octanol–water partition coefficient (Wildman–Crippen LogP) is 1.54. The maximum absolute atomic E-state index is 11.9. The van der Waals surface area contributed by atoms with Crippen molar-refractivity contribution in [1.29, 1.82) is 0 Å². The smallest absolute Gasteiger partial charge is 0.249 e. The van der Waals surface area contributed by atoms with Crippen molar-refractivity contribution < 1.29 is 9.53 Å². The molecule has 1 aromatic rings. The Balaban J connectivity index is 0.00000180. The highest BCUT2D eigenvalue weighted by Crippen LogP contribution is 2.18. The number of hydrogen-bond acceptors (Lipinski definition) is 3. The Bertz CT molecular complexity index is 408. The molecule has 1 saturated heterocycles. The number of hydrogen-bond donors (Lipinski definition) is 2. The fourth-order valence-corrected chi connectivity index (χ4v) is 2.08. The first-order chi connectivity index (χ1) is 8.69. The van der Waals surface area contributed by atoms with Crippen LogP contribution < -0.4 is 11.1 Å². The standard InChI is InChI=1S/C14H20N2O2.ClH/c1-10-2-4-11(5-3-10)9-16-14(17)13-7-6-12(8-15)18-13;/h2-5,12-13H,6-9,15H2,1H3,(H,16,17);1H/t12-,13+;/m1./s1. The Morgan fingerprint density at radius 2 is 2.05 bits per heavy atom. The van der Waals surface area contributed by atoms with E-state index < -0.39 is 0 Å². The predicted molar refractivity (Wildman–Crippen MR) is 77.2 cm³/mol. The fraction of sp³-hybridized carbons (Fsp3) is 0.500. The molecule has 0 aromatic heterocycles. The molecule has 3 N–H and O–H groups in total. The van der Waals surface area contributed by atoms with Crippen molar-refractivity contribution in [3.05, 3.63) is 35.4 Å². The number of rotatable bonds is 4. The molecule has 1 aliphatic rings. The second-order valence-electron chi connectivity index (χ2n) is 4.76. The summed E-state index contributed by atoms with van der Waals surface area (Å²) in [5.41, 5.74) is 7.84. The van der Waals surface area contributed by atoms with E-state index in [9.17, 15) is 4.79 Å². The molecule has 2 rings (SSSR count). The summed E-state index contributed by atoms with van der Waals surface area (Å²) in [6.07, 6.45) is 1.35. The number of nitrogens with two attached hydrogens (primary N) is 1. The number of benzene rings is 1. The quantitative estimate of drug-likeness (QED) is 0.881. The average molecular weight is 285 g/mol. The molecule has 1 fully saturated rings. The van der Waals surface area contributed by atoms with Crippen LogP contribution in [0.4, 0.5) is 0 Å². The second-order valence-corrected chi connectivity index (χ2v) is 4.76. The molecule has 5 heteroatoms. The Morgan fingerprint density at radius 1 is 1.37 bits per heavy atom. The minimum atomic E-state index is -0.330. The SMILES string of the molecule is Cc1ccc(CNC(=O)[C@@H]2CC[C@H](CN)O2)cc1.Cl. The van der Waals surface area contributed by atoms with Crippen molar-refractivity contribution in [3.8, 4) is 0 Å². The first-order valence-corrected chi connectivity index (χ1v) is 6.38. The van der Waals surface area contributed by atoms with Gasteiger partial charge in [-0.2, -0.15) is 0 Å². The zero-order chi connectivity index (χ0) is 13.0. The highest BCUT2D eigenvalue weighted by atomic mass is 35.5. The molecule has 2 atom stereocenters. The van der Waals surface area contributed by atoms with E-state index in [1.807, 2.05) is 31.2 Å². The van der Waals surface area contributed by atoms with Crippen molar-refractivity contribution in [3.63, 3.8) is 0 Å². The lowest BCUT2D eigenvalue weighted by atomic mass is 10.1. The summed E-state index contributed by atoms with van der Waals surface area (Å²) in [6.45, 7) is 3.08. The van der Waals surface area contributed by atoms with Crippen LogP contribution in [0, 0.1) is 6.92 Å². The fourth-order valence-electron chi connectivity index (χ4n) is 2.08. The third kappa shape index (κ3) is 4.49. The number of nitrogens with one attached hydrogen (secondary N) is 1. The molecular weight excluding hydrogens is 264 g/mol. The van der Waals surface area contributed by atoms with Gasteiger partial charge in [-0.3, -0.25) is 4.79 Å². The van der Waals surface area contributed by atoms with Crippen LogP contribution >= 0.6 is 12.4 Å². The molecule has 1 aromatic carbocycles. The molecule has 0 spiro atoms. The summed E-state index contributed by atoms with van der Waals surface area (Å²) >= 11 is 0. The van der Waals surface area contributed by atoms with Crippen molar-refractivity contribution in [2.75, 3.05) is 6.54 Å². The minimum absolute atomic E-state index is 0. The van der Waals surface area contributed by atoms with Gasteiger partial charge in [-0.25, -0.2) is 0 Å². The molecule has 0 radical (unpaired) electrons. The minimum Gasteiger partial charge on any atom is -0.364 e. The molecule has 4 nitrogen and oxygen atoms in total. The third-order valence-electron chi connectivity index (χ3n) is 3.25. The Labute approximate surface area is 120 Å². The molecule has 0 unspecified atom stereocenters. The van der Waals surface area contributed by atoms with Gasteiger partial charge in [0.25, 0.3) is 0 Å². The van der Waals surface area contributed by atoms with Crippen LogP contribution in [0.5, 0.6) is 0 Å². The van der Waals surface area contributed by atoms with Gasteiger partial charge in [-0.15, -0.1) is 12.4 Å². The Hall–Kier alpha value is -1.10. The number of carbonyl (C=O) groups is 1. The van der Waals surface area contributed by atoms with Crippen molar-refractivity contribution in [2.45, 2.75) is 38.5 Å². The number of halogens is 1. The number of amides is 1. The van der Waals surface area contributed by atoms with E-state index in [-0.39, 0.29) is 30.5 Å². The van der Waals surface area contributed by atoms with E-state index in [1.54, 1.807) is 0 Å². The summed E-state index contributed by atoms with van der Waals surface area (Å²) in [5, 5.41) is 2.90. The van der Waals surface area contributed by atoms with Gasteiger partial charge in [0.1, 0.15) is 6.10 Å². The monoisotopic (exact) mass is 284 g/mol. The molecule has 0 aliphatic carbocycles. The molecule has 19 heavy (non-hydrogen) atoms. The number of carbonyl (C=O) groups excluding carboxylic acids is 1. The van der Waals surface area contributed by atoms with Crippen LogP contribution in [-0.4, -0.2) is 24.7 Å². The van der Waals surface area contributed by atoms with Crippen LogP contribution in [0.15, 0.2) is 24.3 Å². The number of ether oxygens (including phenoxy) is 1. The van der Waals surface area contributed by atoms with E-state index in [1.165, 1.54) is 5.56 Å². The van der Waals surface area contributed by atoms with E-state index in [0.717, 1.165) is 18.4 Å². The molecular formula is C14H21ClN2O2. The van der Waals surface area contributed by atoms with Crippen molar-refractivity contribution in [1.82, 2.24) is 5.32 Å². The van der Waals surface area contributed by atoms with Gasteiger partial charge in [0.15, 0.2) is 0 Å². The maximum Gasteiger partial charge on any atom is 0.249 e. The first kappa shape index (κ1) is 16.0. The van der Waals surface area contributed by atoms with Gasteiger partial charge in [-0.1, -0.05) is 29.8 Å². The largest absolute Gasteiger partial charge is 0.364 e. The lowest BCUT2D eigenvalue weighted by Crippen LogP contribution is -2.35. The van der Waals surface area contributed by atoms with Crippen LogP contribution in [-0.2, 0) is 16.1 Å². The van der Waals surface area contributed by atoms with Crippen LogP contribution in [0.25, 0.3) is 0 Å². The topological polar surface area (TPSA) is 64.4 Å². The first-order valence-electron chi connectivity index (χ1n) is 6.38. The van der Waals surface area contributed by atoms with Crippen LogP contribution in [0.1, 0.15) is 24.0 Å². The number of aryl methyl sites for hydroxylation is 1. The van der Waals surface area contributed by atoms with E-state index in [2.05, 4.69) is 5.32 Å². The normalized spacial score (nSPS) is 21.8. The Morgan fingerprint density at radius 3 is 2.63 bits per heavy atom. The molecule has 106 valence electrons. The van der Waals surface area contributed by atoms with Crippen LogP contribution in [0.2, 0.25) is 0 Å². The summed E-state index contributed by atoms with van der Waals surface area (Å²) < 4.78 is 5.54. The zero-order valence-electron chi connectivity index (χ0n) is 11.1. The zero-order valence-corrected chi connectivity index (χ0v) is 11.9. The summed E-state index contributed by atoms with van der Waals surface area (Å²) in [6, 6.07) is 8.12. The summed E-state index contributed by atoms with van der Waals surface area (Å²) in [7, 11) is 0. The molecule has 1 amide bonds. The van der Waals surface area contributed by atoms with Gasteiger partial charge >= 0.3 is 0 Å². The molecule has 1 aliphatic heterocycles. The van der Waals surface area contributed by atoms with Gasteiger partial charge < -0.3 is 15.8 Å². The lowest BCUT2D eigenvalue weighted by molar-refractivity contribution is -0.132. The van der Waals surface area contributed by atoms with Gasteiger partial charge in [0.05, 0.1) is 6.10 Å². The van der Waals surface area contributed by atoms with Gasteiger partial charge in [0.2, 0.25) is 5.91 Å². The molecule has 1 heterocycles. The van der Waals surface area contributed by atoms with Gasteiger partial charge in [-0.05, 0) is 25.3 Å². The van der Waals surface area contributed by atoms with Crippen molar-refractivity contribution >= 4 is 18.3 Å². The third-order valence-corrected chi connectivity index (χ3v) is 3.25. The average Bonchev–Trinajstić information content (AvgIpc) is 2.86. The van der Waals surface area contributed by atoms with Gasteiger partial charge in [0, 0.05) is 13.1 Å². The van der Waals surface area contributed by atoms with E-state index in [0.29, 0.717) is 13.1 Å². The Kier molecular flexibility index (Phi) is 6.28. The maximum atomic E-state index is 11.9. The molecule has 0 bridgehead atoms.